The number of hydrogen-bond acceptors (Lipinski definition) is 0. The molecule has 0 unspecified atom stereocenters. The molecule has 0 spiro atoms. The second kappa shape index (κ2) is 5.45. The van der Waals surface area contributed by atoms with Gasteiger partial charge in [0.25, 0.3) is 0 Å². The molecule has 0 nitrogen and oxygen atoms in total. The van der Waals surface area contributed by atoms with Crippen LogP contribution in [0.3, 0.4) is 0 Å². The zero-order valence-electron chi connectivity index (χ0n) is 10.1. The molecular weight excluding hydrogens is 218 g/mol. The van der Waals surface area contributed by atoms with E-state index in [9.17, 15) is 8.78 Å². The summed E-state index contributed by atoms with van der Waals surface area (Å²) in [6, 6.07) is 5.56. The predicted octanol–water partition coefficient (Wildman–Crippen LogP) is 4.43. The number of aryl methyl sites for hydroxylation is 1. The van der Waals surface area contributed by atoms with Crippen LogP contribution in [0, 0.1) is 30.9 Å². The fourth-order valence-corrected chi connectivity index (χ4v) is 1.70. The average molecular weight is 232 g/mol. The van der Waals surface area contributed by atoms with Crippen LogP contribution in [0.4, 0.5) is 8.78 Å². The standard InChI is InChI=1S/C13H8F2.C2H6/c1-3-9-11(14)7-5-10-12(15)6-4-8(2)13(9)10;1-2/h1,4-7H,2H3;1-2H3. The minimum atomic E-state index is -0.487. The van der Waals surface area contributed by atoms with Gasteiger partial charge < -0.3 is 0 Å². The molecule has 0 aromatic heterocycles. The summed E-state index contributed by atoms with van der Waals surface area (Å²) in [5.74, 6) is 1.40. The Labute approximate surface area is 100 Å². The van der Waals surface area contributed by atoms with Crippen molar-refractivity contribution in [2.75, 3.05) is 0 Å². The Morgan fingerprint density at radius 2 is 1.59 bits per heavy atom. The van der Waals surface area contributed by atoms with Crippen LogP contribution < -0.4 is 0 Å². The molecule has 2 aromatic carbocycles. The first-order valence-corrected chi connectivity index (χ1v) is 5.49. The van der Waals surface area contributed by atoms with Crippen molar-refractivity contribution < 1.29 is 8.78 Å². The smallest absolute Gasteiger partial charge is 0.139 e. The highest BCUT2D eigenvalue weighted by Gasteiger charge is 2.10. The van der Waals surface area contributed by atoms with Gasteiger partial charge in [-0.25, -0.2) is 8.78 Å². The van der Waals surface area contributed by atoms with E-state index in [1.165, 1.54) is 18.2 Å². The maximum Gasteiger partial charge on any atom is 0.139 e. The highest BCUT2D eigenvalue weighted by Crippen LogP contribution is 2.26. The van der Waals surface area contributed by atoms with E-state index in [-0.39, 0.29) is 11.4 Å². The van der Waals surface area contributed by atoms with Gasteiger partial charge in [0.1, 0.15) is 11.6 Å². The fourth-order valence-electron chi connectivity index (χ4n) is 1.70. The fraction of sp³-hybridized carbons (Fsp3) is 0.200. The van der Waals surface area contributed by atoms with E-state index >= 15 is 0 Å². The Morgan fingerprint density at radius 3 is 2.18 bits per heavy atom. The Morgan fingerprint density at radius 1 is 1.00 bits per heavy atom. The van der Waals surface area contributed by atoms with Crippen LogP contribution in [-0.2, 0) is 0 Å². The lowest BCUT2D eigenvalue weighted by molar-refractivity contribution is 0.623. The summed E-state index contributed by atoms with van der Waals surface area (Å²) in [4.78, 5) is 0. The predicted molar refractivity (Wildman–Crippen MR) is 67.9 cm³/mol. The number of hydrogen-bond donors (Lipinski definition) is 0. The second-order valence-corrected chi connectivity index (χ2v) is 3.35. The van der Waals surface area contributed by atoms with Gasteiger partial charge in [0.05, 0.1) is 5.56 Å². The molecule has 2 rings (SSSR count). The SMILES string of the molecule is C#Cc1c(F)ccc2c(F)ccc(C)c12.CC. The lowest BCUT2D eigenvalue weighted by Crippen LogP contribution is -1.91. The van der Waals surface area contributed by atoms with E-state index in [1.54, 1.807) is 13.0 Å². The van der Waals surface area contributed by atoms with Crippen LogP contribution in [0.2, 0.25) is 0 Å². The summed E-state index contributed by atoms with van der Waals surface area (Å²) >= 11 is 0. The third kappa shape index (κ3) is 2.29. The van der Waals surface area contributed by atoms with Crippen molar-refractivity contribution in [2.45, 2.75) is 20.8 Å². The molecule has 17 heavy (non-hydrogen) atoms. The largest absolute Gasteiger partial charge is 0.206 e. The van der Waals surface area contributed by atoms with Gasteiger partial charge in [-0.3, -0.25) is 0 Å². The van der Waals surface area contributed by atoms with Gasteiger partial charge in [-0.1, -0.05) is 25.8 Å². The molecule has 0 aliphatic carbocycles. The quantitative estimate of drug-likeness (QED) is 0.589. The molecule has 0 saturated carbocycles. The molecule has 0 N–H and O–H groups in total. The summed E-state index contributed by atoms with van der Waals surface area (Å²) in [6.07, 6.45) is 5.22. The van der Waals surface area contributed by atoms with Crippen molar-refractivity contribution in [1.82, 2.24) is 0 Å². The van der Waals surface area contributed by atoms with Crippen molar-refractivity contribution in [3.05, 3.63) is 47.0 Å². The lowest BCUT2D eigenvalue weighted by Gasteiger charge is -2.06. The Bertz CT molecular complexity index is 577. The summed E-state index contributed by atoms with van der Waals surface area (Å²) in [5, 5.41) is 0.849. The van der Waals surface area contributed by atoms with Gasteiger partial charge in [0.15, 0.2) is 0 Å². The molecule has 0 saturated heterocycles. The Kier molecular flexibility index (Phi) is 4.23. The molecule has 2 aromatic rings. The molecule has 0 bridgehead atoms. The van der Waals surface area contributed by atoms with E-state index in [1.807, 2.05) is 13.8 Å². The molecular formula is C15H14F2. The average Bonchev–Trinajstić information content (AvgIpc) is 2.36. The van der Waals surface area contributed by atoms with Gasteiger partial charge in [-0.15, -0.1) is 6.42 Å². The molecule has 0 radical (unpaired) electrons. The van der Waals surface area contributed by atoms with E-state index in [4.69, 9.17) is 6.42 Å². The van der Waals surface area contributed by atoms with E-state index < -0.39 is 5.82 Å². The number of terminal acetylenes is 1. The van der Waals surface area contributed by atoms with E-state index in [0.717, 1.165) is 5.56 Å². The van der Waals surface area contributed by atoms with Gasteiger partial charge in [0, 0.05) is 10.8 Å². The zero-order valence-corrected chi connectivity index (χ0v) is 10.1. The van der Waals surface area contributed by atoms with Crippen molar-refractivity contribution in [3.8, 4) is 12.3 Å². The van der Waals surface area contributed by atoms with Crippen molar-refractivity contribution >= 4 is 10.8 Å². The highest BCUT2D eigenvalue weighted by molar-refractivity contribution is 5.91. The van der Waals surface area contributed by atoms with E-state index in [2.05, 4.69) is 5.92 Å². The number of fused-ring (bicyclic) bond motifs is 1. The minimum Gasteiger partial charge on any atom is -0.206 e. The molecule has 0 fully saturated rings. The van der Waals surface area contributed by atoms with Crippen LogP contribution in [0.5, 0.6) is 0 Å². The summed E-state index contributed by atoms with van der Waals surface area (Å²) < 4.78 is 26.8. The van der Waals surface area contributed by atoms with Crippen LogP contribution in [0.15, 0.2) is 24.3 Å². The van der Waals surface area contributed by atoms with E-state index in [0.29, 0.717) is 10.8 Å². The molecule has 88 valence electrons. The normalized spacial score (nSPS) is 9.41. The summed E-state index contributed by atoms with van der Waals surface area (Å²) in [6.45, 7) is 5.78. The topological polar surface area (TPSA) is 0 Å². The molecule has 0 atom stereocenters. The first-order chi connectivity index (χ1) is 8.15. The van der Waals surface area contributed by atoms with Gasteiger partial charge >= 0.3 is 0 Å². The maximum atomic E-state index is 13.4. The number of rotatable bonds is 0. The van der Waals surface area contributed by atoms with Gasteiger partial charge in [-0.2, -0.15) is 0 Å². The lowest BCUT2D eigenvalue weighted by atomic mass is 9.99. The third-order valence-corrected chi connectivity index (χ3v) is 2.43. The molecule has 0 aliphatic heterocycles. The monoisotopic (exact) mass is 232 g/mol. The molecule has 0 heterocycles. The van der Waals surface area contributed by atoms with Crippen LogP contribution in [0.1, 0.15) is 25.0 Å². The van der Waals surface area contributed by atoms with Crippen LogP contribution in [-0.4, -0.2) is 0 Å². The second-order valence-electron chi connectivity index (χ2n) is 3.35. The minimum absolute atomic E-state index is 0.129. The molecule has 0 aliphatic rings. The highest BCUT2D eigenvalue weighted by atomic mass is 19.1. The van der Waals surface area contributed by atoms with Crippen molar-refractivity contribution in [1.29, 1.82) is 0 Å². The van der Waals surface area contributed by atoms with Crippen molar-refractivity contribution in [3.63, 3.8) is 0 Å². The number of benzene rings is 2. The third-order valence-electron chi connectivity index (χ3n) is 2.43. The van der Waals surface area contributed by atoms with Crippen LogP contribution in [0.25, 0.3) is 10.8 Å². The Hall–Kier alpha value is -1.88. The summed E-state index contributed by atoms with van der Waals surface area (Å²) in [7, 11) is 0. The number of halogens is 2. The van der Waals surface area contributed by atoms with Gasteiger partial charge in [-0.05, 0) is 30.7 Å². The first kappa shape index (κ1) is 13.2. The zero-order chi connectivity index (χ0) is 13.0. The maximum absolute atomic E-state index is 13.4. The van der Waals surface area contributed by atoms with Crippen molar-refractivity contribution in [2.24, 2.45) is 0 Å². The van der Waals surface area contributed by atoms with Gasteiger partial charge in [0.2, 0.25) is 0 Å². The van der Waals surface area contributed by atoms with Crippen LogP contribution >= 0.6 is 0 Å². The summed E-state index contributed by atoms with van der Waals surface area (Å²) in [5.41, 5.74) is 0.906. The Balaban J connectivity index is 0.000000686. The molecule has 0 amide bonds. The molecule has 2 heteroatoms. The first-order valence-electron chi connectivity index (χ1n) is 5.49.